The molecule has 3 nitrogen and oxygen atoms in total. The Morgan fingerprint density at radius 1 is 1.27 bits per heavy atom. The molecule has 0 radical (unpaired) electrons. The summed E-state index contributed by atoms with van der Waals surface area (Å²) in [6, 6.07) is 0. The van der Waals surface area contributed by atoms with E-state index in [-0.39, 0.29) is 12.4 Å². The topological polar surface area (TPSA) is 32.7 Å². The third-order valence-corrected chi connectivity index (χ3v) is 1.74. The Kier molecular flexibility index (Phi) is 6.96. The molecule has 0 spiro atoms. The predicted molar refractivity (Wildman–Crippen MR) is 46.2 cm³/mol. The second-order valence-electron chi connectivity index (χ2n) is 2.53. The first-order chi connectivity index (χ1) is 4.93. The number of aliphatic hydroxyl groups is 1. The number of rotatable bonds is 3. The molecule has 1 saturated heterocycles. The largest absolute Gasteiger partial charge is 0.396 e. The maximum atomic E-state index is 8.54. The molecule has 0 saturated carbocycles. The first kappa shape index (κ1) is 11.2. The predicted octanol–water partition coefficient (Wildman–Crippen LogP) is 0.123. The normalized spacial score (nSPS) is 19.4. The average Bonchev–Trinajstić information content (AvgIpc) is 2.03. The van der Waals surface area contributed by atoms with Gasteiger partial charge in [-0.05, 0) is 6.42 Å². The Labute approximate surface area is 73.7 Å². The molecule has 1 aliphatic heterocycles. The molecule has 0 unspecified atom stereocenters. The van der Waals surface area contributed by atoms with E-state index in [4.69, 9.17) is 9.84 Å². The lowest BCUT2D eigenvalue weighted by Crippen LogP contribution is -2.37. The summed E-state index contributed by atoms with van der Waals surface area (Å²) in [4.78, 5) is 2.32. The molecule has 0 aromatic rings. The van der Waals surface area contributed by atoms with Gasteiger partial charge in [0.05, 0.1) is 13.2 Å². The maximum Gasteiger partial charge on any atom is 0.0594 e. The Balaban J connectivity index is 0.000001000. The first-order valence-corrected chi connectivity index (χ1v) is 3.84. The molecular weight excluding hydrogens is 166 g/mol. The van der Waals surface area contributed by atoms with Gasteiger partial charge in [-0.2, -0.15) is 0 Å². The highest BCUT2D eigenvalue weighted by molar-refractivity contribution is 5.85. The van der Waals surface area contributed by atoms with Gasteiger partial charge in [-0.15, -0.1) is 12.4 Å². The van der Waals surface area contributed by atoms with Gasteiger partial charge in [0.15, 0.2) is 0 Å². The zero-order chi connectivity index (χ0) is 7.23. The van der Waals surface area contributed by atoms with E-state index < -0.39 is 0 Å². The van der Waals surface area contributed by atoms with E-state index in [2.05, 4.69) is 4.90 Å². The Morgan fingerprint density at radius 2 is 1.91 bits per heavy atom. The number of halogens is 1. The minimum absolute atomic E-state index is 0. The maximum absolute atomic E-state index is 8.54. The number of nitrogens with zero attached hydrogens (tertiary/aromatic N) is 1. The van der Waals surface area contributed by atoms with E-state index >= 15 is 0 Å². The van der Waals surface area contributed by atoms with Crippen LogP contribution in [0.3, 0.4) is 0 Å². The number of hydrogen-bond donors (Lipinski definition) is 1. The van der Waals surface area contributed by atoms with Crippen LogP contribution in [0.4, 0.5) is 0 Å². The van der Waals surface area contributed by atoms with E-state index in [1.165, 1.54) is 0 Å². The van der Waals surface area contributed by atoms with Crippen LogP contribution in [0.15, 0.2) is 0 Å². The number of ether oxygens (including phenoxy) is 1. The third-order valence-electron chi connectivity index (χ3n) is 1.74. The van der Waals surface area contributed by atoms with Gasteiger partial charge in [0.25, 0.3) is 0 Å². The molecule has 11 heavy (non-hydrogen) atoms. The summed E-state index contributed by atoms with van der Waals surface area (Å²) in [5.74, 6) is 0. The van der Waals surface area contributed by atoms with Gasteiger partial charge in [-0.1, -0.05) is 0 Å². The van der Waals surface area contributed by atoms with Crippen molar-refractivity contribution in [2.45, 2.75) is 6.42 Å². The van der Waals surface area contributed by atoms with E-state index in [0.29, 0.717) is 6.61 Å². The van der Waals surface area contributed by atoms with Gasteiger partial charge in [0.2, 0.25) is 0 Å². The average molecular weight is 182 g/mol. The molecule has 1 N–H and O–H groups in total. The highest BCUT2D eigenvalue weighted by Crippen LogP contribution is 1.96. The molecule has 68 valence electrons. The molecule has 0 aliphatic carbocycles. The fraction of sp³-hybridized carbons (Fsp3) is 1.00. The second-order valence-corrected chi connectivity index (χ2v) is 2.53. The Bertz CT molecular complexity index is 86.5. The SMILES string of the molecule is Cl.OCCCN1CCOCC1. The minimum Gasteiger partial charge on any atom is -0.396 e. The summed E-state index contributed by atoms with van der Waals surface area (Å²) in [7, 11) is 0. The van der Waals surface area contributed by atoms with Gasteiger partial charge < -0.3 is 9.84 Å². The number of morpholine rings is 1. The van der Waals surface area contributed by atoms with Crippen molar-refractivity contribution in [2.75, 3.05) is 39.5 Å². The van der Waals surface area contributed by atoms with Gasteiger partial charge in [0, 0.05) is 26.2 Å². The molecule has 0 atom stereocenters. The fourth-order valence-electron chi connectivity index (χ4n) is 1.12. The molecule has 0 amide bonds. The number of hydrogen-bond acceptors (Lipinski definition) is 3. The zero-order valence-corrected chi connectivity index (χ0v) is 7.48. The molecule has 1 aliphatic rings. The lowest BCUT2D eigenvalue weighted by atomic mass is 10.3. The van der Waals surface area contributed by atoms with Crippen molar-refractivity contribution in [1.82, 2.24) is 4.90 Å². The van der Waals surface area contributed by atoms with Gasteiger partial charge in [-0.3, -0.25) is 4.90 Å². The lowest BCUT2D eigenvalue weighted by molar-refractivity contribution is 0.0353. The van der Waals surface area contributed by atoms with Crippen LogP contribution in [0.5, 0.6) is 0 Å². The molecule has 0 bridgehead atoms. The smallest absolute Gasteiger partial charge is 0.0594 e. The summed E-state index contributed by atoms with van der Waals surface area (Å²) >= 11 is 0. The summed E-state index contributed by atoms with van der Waals surface area (Å²) in [5.41, 5.74) is 0. The van der Waals surface area contributed by atoms with Crippen LogP contribution in [0.25, 0.3) is 0 Å². The standard InChI is InChI=1S/C7H15NO2.ClH/c9-5-1-2-8-3-6-10-7-4-8;/h9H,1-7H2;1H. The van der Waals surface area contributed by atoms with Crippen LogP contribution in [0.2, 0.25) is 0 Å². The first-order valence-electron chi connectivity index (χ1n) is 3.84. The van der Waals surface area contributed by atoms with Gasteiger partial charge >= 0.3 is 0 Å². The molecular formula is C7H16ClNO2. The zero-order valence-electron chi connectivity index (χ0n) is 6.66. The van der Waals surface area contributed by atoms with Crippen LogP contribution in [-0.4, -0.2) is 49.5 Å². The molecule has 1 fully saturated rings. The summed E-state index contributed by atoms with van der Waals surface area (Å²) in [6.07, 6.45) is 0.889. The van der Waals surface area contributed by atoms with Crippen molar-refractivity contribution < 1.29 is 9.84 Å². The van der Waals surface area contributed by atoms with Crippen molar-refractivity contribution in [2.24, 2.45) is 0 Å². The van der Waals surface area contributed by atoms with Gasteiger partial charge in [0.1, 0.15) is 0 Å². The Morgan fingerprint density at radius 3 is 2.45 bits per heavy atom. The quantitative estimate of drug-likeness (QED) is 0.672. The molecule has 1 rings (SSSR count). The van der Waals surface area contributed by atoms with Crippen LogP contribution in [0, 0.1) is 0 Å². The van der Waals surface area contributed by atoms with E-state index in [1.54, 1.807) is 0 Å². The van der Waals surface area contributed by atoms with E-state index in [0.717, 1.165) is 39.3 Å². The summed E-state index contributed by atoms with van der Waals surface area (Å²) in [6.45, 7) is 5.08. The van der Waals surface area contributed by atoms with E-state index in [1.807, 2.05) is 0 Å². The lowest BCUT2D eigenvalue weighted by Gasteiger charge is -2.25. The van der Waals surface area contributed by atoms with Gasteiger partial charge in [-0.25, -0.2) is 0 Å². The van der Waals surface area contributed by atoms with Crippen molar-refractivity contribution in [3.8, 4) is 0 Å². The third kappa shape index (κ3) is 4.58. The second kappa shape index (κ2) is 6.85. The van der Waals surface area contributed by atoms with Crippen molar-refractivity contribution in [3.05, 3.63) is 0 Å². The molecule has 1 heterocycles. The highest BCUT2D eigenvalue weighted by atomic mass is 35.5. The molecule has 0 aromatic carbocycles. The van der Waals surface area contributed by atoms with Crippen LogP contribution in [0.1, 0.15) is 6.42 Å². The monoisotopic (exact) mass is 181 g/mol. The van der Waals surface area contributed by atoms with E-state index in [9.17, 15) is 0 Å². The highest BCUT2D eigenvalue weighted by Gasteiger charge is 2.08. The fourth-order valence-corrected chi connectivity index (χ4v) is 1.12. The molecule has 0 aromatic heterocycles. The van der Waals surface area contributed by atoms with Crippen molar-refractivity contribution >= 4 is 12.4 Å². The van der Waals surface area contributed by atoms with Crippen LogP contribution in [-0.2, 0) is 4.74 Å². The van der Waals surface area contributed by atoms with Crippen LogP contribution < -0.4 is 0 Å². The van der Waals surface area contributed by atoms with Crippen LogP contribution >= 0.6 is 12.4 Å². The van der Waals surface area contributed by atoms with Crippen molar-refractivity contribution in [1.29, 1.82) is 0 Å². The minimum atomic E-state index is 0. The Hall–Kier alpha value is 0.170. The molecule has 4 heteroatoms. The number of aliphatic hydroxyl groups excluding tert-OH is 1. The summed E-state index contributed by atoms with van der Waals surface area (Å²) in [5, 5.41) is 8.54. The van der Waals surface area contributed by atoms with Crippen molar-refractivity contribution in [3.63, 3.8) is 0 Å². The summed E-state index contributed by atoms with van der Waals surface area (Å²) < 4.78 is 5.18.